The number of fused-ring (bicyclic) bond motifs is 1. The molecule has 0 saturated heterocycles. The highest BCUT2D eigenvalue weighted by atomic mass is 32.2. The van der Waals surface area contributed by atoms with E-state index >= 15 is 0 Å². The lowest BCUT2D eigenvalue weighted by atomic mass is 10.00. The van der Waals surface area contributed by atoms with Gasteiger partial charge in [-0.05, 0) is 55.0 Å². The molecule has 0 unspecified atom stereocenters. The minimum atomic E-state index is -3.19. The molecule has 0 bridgehead atoms. The van der Waals surface area contributed by atoms with Gasteiger partial charge in [0.2, 0.25) is 0 Å². The van der Waals surface area contributed by atoms with Crippen LogP contribution in [0.15, 0.2) is 35.2 Å². The zero-order valence-corrected chi connectivity index (χ0v) is 16.0. The van der Waals surface area contributed by atoms with Gasteiger partial charge in [-0.1, -0.05) is 25.0 Å². The molecular formula is C19H23NO3S2. The monoisotopic (exact) mass is 377 g/mol. The Morgan fingerprint density at radius 3 is 2.44 bits per heavy atom. The Bertz CT molecular complexity index is 826. The number of thiophene rings is 1. The van der Waals surface area contributed by atoms with Crippen LogP contribution in [0.5, 0.6) is 0 Å². The number of nitrogens with one attached hydrogen (secondary N) is 1. The van der Waals surface area contributed by atoms with Gasteiger partial charge in [0, 0.05) is 17.7 Å². The SMILES string of the molecule is CS(=O)(=O)c1ccc(CNC(=O)c2cc3c(s2)CCCCCC3)cc1. The van der Waals surface area contributed by atoms with Crippen molar-refractivity contribution in [1.82, 2.24) is 5.32 Å². The summed E-state index contributed by atoms with van der Waals surface area (Å²) in [6.45, 7) is 0.394. The van der Waals surface area contributed by atoms with Crippen LogP contribution in [0.1, 0.15) is 51.4 Å². The third-order valence-corrected chi connectivity index (χ3v) is 6.89. The molecule has 0 fully saturated rings. The first-order chi connectivity index (χ1) is 11.9. The Balaban J connectivity index is 1.63. The molecule has 1 aliphatic carbocycles. The fraction of sp³-hybridized carbons (Fsp3) is 0.421. The van der Waals surface area contributed by atoms with Gasteiger partial charge >= 0.3 is 0 Å². The topological polar surface area (TPSA) is 63.2 Å². The Kier molecular flexibility index (Phi) is 5.59. The highest BCUT2D eigenvalue weighted by Gasteiger charge is 2.16. The molecular weight excluding hydrogens is 354 g/mol. The quantitative estimate of drug-likeness (QED) is 0.883. The lowest BCUT2D eigenvalue weighted by Crippen LogP contribution is -2.21. The standard InChI is InChI=1S/C19H23NO3S2/c1-25(22,23)16-10-8-14(9-11-16)13-20-19(21)18-12-15-6-4-2-3-5-7-17(15)24-18/h8-12H,2-7,13H2,1H3,(H,20,21). The number of amides is 1. The lowest BCUT2D eigenvalue weighted by molar-refractivity contribution is 0.0955. The number of hydrogen-bond donors (Lipinski definition) is 1. The fourth-order valence-electron chi connectivity index (χ4n) is 3.08. The van der Waals surface area contributed by atoms with Crippen LogP contribution in [-0.2, 0) is 29.2 Å². The molecule has 134 valence electrons. The molecule has 0 spiro atoms. The minimum Gasteiger partial charge on any atom is -0.347 e. The first-order valence-electron chi connectivity index (χ1n) is 8.62. The van der Waals surface area contributed by atoms with E-state index in [1.165, 1.54) is 42.4 Å². The van der Waals surface area contributed by atoms with Crippen LogP contribution < -0.4 is 5.32 Å². The van der Waals surface area contributed by atoms with E-state index in [9.17, 15) is 13.2 Å². The maximum atomic E-state index is 12.4. The molecule has 6 heteroatoms. The van der Waals surface area contributed by atoms with Crippen LogP contribution >= 0.6 is 11.3 Å². The van der Waals surface area contributed by atoms with E-state index in [2.05, 4.69) is 5.32 Å². The molecule has 1 aromatic heterocycles. The Labute approximate surface area is 153 Å². The molecule has 4 nitrogen and oxygen atoms in total. The van der Waals surface area contributed by atoms with E-state index in [1.807, 2.05) is 6.07 Å². The molecule has 1 heterocycles. The van der Waals surface area contributed by atoms with Crippen LogP contribution in [0.25, 0.3) is 0 Å². The summed E-state index contributed by atoms with van der Waals surface area (Å²) in [5.41, 5.74) is 2.23. The molecule has 0 atom stereocenters. The van der Waals surface area contributed by atoms with Crippen molar-refractivity contribution in [1.29, 1.82) is 0 Å². The Hall–Kier alpha value is -1.66. The van der Waals surface area contributed by atoms with Crippen molar-refractivity contribution >= 4 is 27.1 Å². The number of sulfone groups is 1. The van der Waals surface area contributed by atoms with Crippen molar-refractivity contribution in [2.75, 3.05) is 6.26 Å². The molecule has 2 aromatic rings. The number of benzene rings is 1. The summed E-state index contributed by atoms with van der Waals surface area (Å²) in [4.78, 5) is 14.9. The van der Waals surface area contributed by atoms with E-state index in [0.717, 1.165) is 23.3 Å². The zero-order chi connectivity index (χ0) is 17.9. The van der Waals surface area contributed by atoms with Gasteiger partial charge in [0.1, 0.15) is 0 Å². The summed E-state index contributed by atoms with van der Waals surface area (Å²) in [5, 5.41) is 2.94. The minimum absolute atomic E-state index is 0.0519. The molecule has 0 saturated carbocycles. The number of carbonyl (C=O) groups excluding carboxylic acids is 1. The third kappa shape index (κ3) is 4.70. The molecule has 1 amide bonds. The van der Waals surface area contributed by atoms with Crippen molar-refractivity contribution in [2.24, 2.45) is 0 Å². The van der Waals surface area contributed by atoms with Gasteiger partial charge in [0.05, 0.1) is 9.77 Å². The highest BCUT2D eigenvalue weighted by Crippen LogP contribution is 2.28. The van der Waals surface area contributed by atoms with Gasteiger partial charge in [-0.25, -0.2) is 8.42 Å². The number of carbonyl (C=O) groups is 1. The first kappa shape index (κ1) is 18.1. The lowest BCUT2D eigenvalue weighted by Gasteiger charge is -2.07. The van der Waals surface area contributed by atoms with Gasteiger partial charge in [-0.2, -0.15) is 0 Å². The van der Waals surface area contributed by atoms with E-state index in [1.54, 1.807) is 35.6 Å². The second-order valence-electron chi connectivity index (χ2n) is 6.57. The maximum Gasteiger partial charge on any atom is 0.261 e. The van der Waals surface area contributed by atoms with Crippen LogP contribution in [-0.4, -0.2) is 20.6 Å². The van der Waals surface area contributed by atoms with Crippen LogP contribution in [0.2, 0.25) is 0 Å². The molecule has 0 radical (unpaired) electrons. The van der Waals surface area contributed by atoms with E-state index in [4.69, 9.17) is 0 Å². The van der Waals surface area contributed by atoms with E-state index < -0.39 is 9.84 Å². The highest BCUT2D eigenvalue weighted by molar-refractivity contribution is 7.90. The van der Waals surface area contributed by atoms with Gasteiger partial charge < -0.3 is 5.32 Å². The van der Waals surface area contributed by atoms with Crippen LogP contribution in [0.4, 0.5) is 0 Å². The average molecular weight is 378 g/mol. The number of rotatable bonds is 4. The van der Waals surface area contributed by atoms with Crippen molar-refractivity contribution in [3.63, 3.8) is 0 Å². The Morgan fingerprint density at radius 2 is 1.76 bits per heavy atom. The summed E-state index contributed by atoms with van der Waals surface area (Å²) in [5.74, 6) is -0.0519. The zero-order valence-electron chi connectivity index (χ0n) is 14.4. The summed E-state index contributed by atoms with van der Waals surface area (Å²) in [6.07, 6.45) is 8.32. The van der Waals surface area contributed by atoms with E-state index in [0.29, 0.717) is 11.4 Å². The Morgan fingerprint density at radius 1 is 1.08 bits per heavy atom. The van der Waals surface area contributed by atoms with E-state index in [-0.39, 0.29) is 5.91 Å². The second kappa shape index (κ2) is 7.70. The van der Waals surface area contributed by atoms with Crippen molar-refractivity contribution in [3.05, 3.63) is 51.2 Å². The van der Waals surface area contributed by atoms with Gasteiger partial charge in [0.25, 0.3) is 5.91 Å². The molecule has 25 heavy (non-hydrogen) atoms. The molecule has 0 aliphatic heterocycles. The largest absolute Gasteiger partial charge is 0.347 e. The van der Waals surface area contributed by atoms with Gasteiger partial charge in [-0.3, -0.25) is 4.79 Å². The fourth-order valence-corrected chi connectivity index (χ4v) is 4.88. The van der Waals surface area contributed by atoms with Gasteiger partial charge in [0.15, 0.2) is 9.84 Å². The summed E-state index contributed by atoms with van der Waals surface area (Å²) in [6, 6.07) is 8.68. The third-order valence-electron chi connectivity index (χ3n) is 4.52. The second-order valence-corrected chi connectivity index (χ2v) is 9.72. The average Bonchev–Trinajstić information content (AvgIpc) is 2.94. The van der Waals surface area contributed by atoms with Crippen molar-refractivity contribution in [2.45, 2.75) is 50.0 Å². The summed E-state index contributed by atoms with van der Waals surface area (Å²) >= 11 is 1.62. The predicted octanol–water partition coefficient (Wildman–Crippen LogP) is 3.74. The van der Waals surface area contributed by atoms with Crippen LogP contribution in [0, 0.1) is 0 Å². The maximum absolute atomic E-state index is 12.4. The molecule has 1 N–H and O–H groups in total. The van der Waals surface area contributed by atoms with Crippen LogP contribution in [0.3, 0.4) is 0 Å². The normalized spacial score (nSPS) is 15.1. The smallest absolute Gasteiger partial charge is 0.261 e. The summed E-state index contributed by atoms with van der Waals surface area (Å²) < 4.78 is 22.9. The molecule has 3 rings (SSSR count). The molecule has 1 aliphatic rings. The number of hydrogen-bond acceptors (Lipinski definition) is 4. The number of aryl methyl sites for hydroxylation is 2. The molecule has 1 aromatic carbocycles. The van der Waals surface area contributed by atoms with Crippen molar-refractivity contribution in [3.8, 4) is 0 Å². The first-order valence-corrected chi connectivity index (χ1v) is 11.3. The van der Waals surface area contributed by atoms with Crippen molar-refractivity contribution < 1.29 is 13.2 Å². The predicted molar refractivity (Wildman–Crippen MR) is 101 cm³/mol. The van der Waals surface area contributed by atoms with Gasteiger partial charge in [-0.15, -0.1) is 11.3 Å². The summed E-state index contributed by atoms with van der Waals surface area (Å²) in [7, 11) is -3.19.